The second-order valence-electron chi connectivity index (χ2n) is 7.22. The number of benzene rings is 1. The molecule has 3 rings (SSSR count). The van der Waals surface area contributed by atoms with Gasteiger partial charge in [0, 0.05) is 40.8 Å². The van der Waals surface area contributed by atoms with Gasteiger partial charge in [0.25, 0.3) is 0 Å². The molecule has 7 nitrogen and oxygen atoms in total. The highest BCUT2D eigenvalue weighted by molar-refractivity contribution is 5.81. The van der Waals surface area contributed by atoms with Crippen LogP contribution in [0.15, 0.2) is 18.2 Å². The van der Waals surface area contributed by atoms with Crippen molar-refractivity contribution in [3.8, 4) is 0 Å². The summed E-state index contributed by atoms with van der Waals surface area (Å²) in [5, 5.41) is 3.02. The van der Waals surface area contributed by atoms with E-state index in [2.05, 4.69) is 14.9 Å². The molecule has 0 bridgehead atoms. The number of likely N-dealkylation sites (tertiary alicyclic amines) is 1. The maximum atomic E-state index is 12.5. The fourth-order valence-corrected chi connectivity index (χ4v) is 3.46. The van der Waals surface area contributed by atoms with E-state index in [0.29, 0.717) is 13.1 Å². The van der Waals surface area contributed by atoms with Crippen LogP contribution in [0.4, 0.5) is 4.79 Å². The van der Waals surface area contributed by atoms with Gasteiger partial charge in [0.1, 0.15) is 5.82 Å². The highest BCUT2D eigenvalue weighted by atomic mass is 16.2. The number of hydrogen-bond donors (Lipinski definition) is 1. The monoisotopic (exact) mass is 357 g/mol. The van der Waals surface area contributed by atoms with E-state index in [1.165, 1.54) is 0 Å². The van der Waals surface area contributed by atoms with Crippen LogP contribution in [0.3, 0.4) is 0 Å². The molecule has 2 heterocycles. The molecule has 1 fully saturated rings. The summed E-state index contributed by atoms with van der Waals surface area (Å²) in [5.41, 5.74) is 3.06. The second kappa shape index (κ2) is 7.35. The molecule has 1 N–H and O–H groups in total. The number of nitrogens with zero attached hydrogens (tertiary/aromatic N) is 4. The lowest BCUT2D eigenvalue weighted by Gasteiger charge is -2.33. The molecule has 26 heavy (non-hydrogen) atoms. The number of hydrogen-bond acceptors (Lipinski definition) is 3. The van der Waals surface area contributed by atoms with Crippen LogP contribution in [-0.4, -0.2) is 58.5 Å². The van der Waals surface area contributed by atoms with Crippen LogP contribution in [0.25, 0.3) is 11.0 Å². The summed E-state index contributed by atoms with van der Waals surface area (Å²) in [6.07, 6.45) is 1.68. The minimum atomic E-state index is -0.145. The van der Waals surface area contributed by atoms with E-state index in [9.17, 15) is 9.59 Å². The molecule has 1 saturated heterocycles. The number of aryl methyl sites for hydroxylation is 2. The predicted molar refractivity (Wildman–Crippen MR) is 101 cm³/mol. The minimum absolute atomic E-state index is 0.0126. The quantitative estimate of drug-likeness (QED) is 0.912. The predicted octanol–water partition coefficient (Wildman–Crippen LogP) is 1.89. The fraction of sp³-hybridized carbons (Fsp3) is 0.526. The molecule has 3 amide bonds. The van der Waals surface area contributed by atoms with E-state index in [0.717, 1.165) is 41.8 Å². The Morgan fingerprint density at radius 2 is 2.12 bits per heavy atom. The third-order valence-corrected chi connectivity index (χ3v) is 5.08. The molecule has 140 valence electrons. The van der Waals surface area contributed by atoms with Crippen molar-refractivity contribution < 1.29 is 9.59 Å². The molecule has 0 spiro atoms. The van der Waals surface area contributed by atoms with Crippen molar-refractivity contribution in [3.63, 3.8) is 0 Å². The number of fused-ring (bicyclic) bond motifs is 1. The van der Waals surface area contributed by atoms with Gasteiger partial charge in [-0.05, 0) is 37.5 Å². The topological polar surface area (TPSA) is 70.5 Å². The van der Waals surface area contributed by atoms with Crippen LogP contribution < -0.4 is 5.32 Å². The lowest BCUT2D eigenvalue weighted by molar-refractivity contribution is -0.126. The van der Waals surface area contributed by atoms with E-state index in [-0.39, 0.29) is 17.9 Å². The Labute approximate surface area is 154 Å². The number of rotatable bonds is 3. The van der Waals surface area contributed by atoms with Crippen molar-refractivity contribution in [1.29, 1.82) is 0 Å². The van der Waals surface area contributed by atoms with Crippen LogP contribution in [0.2, 0.25) is 0 Å². The van der Waals surface area contributed by atoms with Crippen molar-refractivity contribution in [2.24, 2.45) is 13.0 Å². The largest absolute Gasteiger partial charge is 0.352 e. The molecular weight excluding hydrogens is 330 g/mol. The molecule has 0 unspecified atom stereocenters. The van der Waals surface area contributed by atoms with Gasteiger partial charge in [0.05, 0.1) is 17.0 Å². The standard InChI is InChI=1S/C19H27N5O2/c1-13-21-16-10-14(7-8-17(16)23(13)4)11-20-18(25)15-6-5-9-24(12-15)19(26)22(2)3/h7-8,10,15H,5-6,9,11-12H2,1-4H3,(H,20,25)/t15-/m0/s1. The first kappa shape index (κ1) is 18.2. The van der Waals surface area contributed by atoms with E-state index in [1.54, 1.807) is 23.9 Å². The summed E-state index contributed by atoms with van der Waals surface area (Å²) in [6.45, 7) is 3.66. The van der Waals surface area contributed by atoms with Gasteiger partial charge < -0.3 is 19.7 Å². The molecular formula is C19H27N5O2. The number of nitrogens with one attached hydrogen (secondary N) is 1. The van der Waals surface area contributed by atoms with Crippen molar-refractivity contribution >= 4 is 23.0 Å². The van der Waals surface area contributed by atoms with Crippen molar-refractivity contribution in [1.82, 2.24) is 24.7 Å². The number of urea groups is 1. The molecule has 1 aliphatic rings. The third-order valence-electron chi connectivity index (χ3n) is 5.08. The van der Waals surface area contributed by atoms with E-state index in [4.69, 9.17) is 0 Å². The molecule has 1 atom stereocenters. The first-order chi connectivity index (χ1) is 12.4. The van der Waals surface area contributed by atoms with E-state index >= 15 is 0 Å². The number of carbonyl (C=O) groups is 2. The lowest BCUT2D eigenvalue weighted by atomic mass is 9.97. The smallest absolute Gasteiger partial charge is 0.319 e. The second-order valence-corrected chi connectivity index (χ2v) is 7.22. The molecule has 0 aliphatic carbocycles. The highest BCUT2D eigenvalue weighted by Crippen LogP contribution is 2.19. The Morgan fingerprint density at radius 3 is 2.85 bits per heavy atom. The number of piperidine rings is 1. The van der Waals surface area contributed by atoms with Crippen LogP contribution in [0, 0.1) is 12.8 Å². The molecule has 0 radical (unpaired) electrons. The number of imidazole rings is 1. The van der Waals surface area contributed by atoms with Gasteiger partial charge in [0.15, 0.2) is 0 Å². The molecule has 1 aliphatic heterocycles. The van der Waals surface area contributed by atoms with Crippen LogP contribution in [0.1, 0.15) is 24.2 Å². The van der Waals surface area contributed by atoms with E-state index < -0.39 is 0 Å². The molecule has 1 aromatic heterocycles. The minimum Gasteiger partial charge on any atom is -0.352 e. The van der Waals surface area contributed by atoms with Crippen molar-refractivity contribution in [2.75, 3.05) is 27.2 Å². The average Bonchev–Trinajstić information content (AvgIpc) is 2.92. The Kier molecular flexibility index (Phi) is 5.15. The highest BCUT2D eigenvalue weighted by Gasteiger charge is 2.28. The lowest BCUT2D eigenvalue weighted by Crippen LogP contribution is -2.48. The Balaban J connectivity index is 1.60. The van der Waals surface area contributed by atoms with Gasteiger partial charge in [-0.1, -0.05) is 6.07 Å². The third kappa shape index (κ3) is 3.66. The number of carbonyl (C=O) groups excluding carboxylic acids is 2. The SMILES string of the molecule is Cc1nc2cc(CNC(=O)[C@H]3CCCN(C(=O)N(C)C)C3)ccc2n1C. The van der Waals surface area contributed by atoms with Gasteiger partial charge in [-0.15, -0.1) is 0 Å². The zero-order chi connectivity index (χ0) is 18.8. The normalized spacial score (nSPS) is 17.4. The molecule has 1 aromatic carbocycles. The van der Waals surface area contributed by atoms with Crippen LogP contribution in [-0.2, 0) is 18.4 Å². The molecule has 0 saturated carbocycles. The van der Waals surface area contributed by atoms with Crippen molar-refractivity contribution in [3.05, 3.63) is 29.6 Å². The zero-order valence-electron chi connectivity index (χ0n) is 16.0. The Morgan fingerprint density at radius 1 is 1.35 bits per heavy atom. The summed E-state index contributed by atoms with van der Waals surface area (Å²) in [6, 6.07) is 6.05. The maximum absolute atomic E-state index is 12.5. The zero-order valence-corrected chi connectivity index (χ0v) is 16.0. The fourth-order valence-electron chi connectivity index (χ4n) is 3.46. The average molecular weight is 357 g/mol. The maximum Gasteiger partial charge on any atom is 0.319 e. The van der Waals surface area contributed by atoms with Gasteiger partial charge in [0.2, 0.25) is 5.91 Å². The summed E-state index contributed by atoms with van der Waals surface area (Å²) in [5.74, 6) is 0.834. The van der Waals surface area contributed by atoms with Crippen molar-refractivity contribution in [2.45, 2.75) is 26.3 Å². The number of aromatic nitrogens is 2. The van der Waals surface area contributed by atoms with Crippen LogP contribution >= 0.6 is 0 Å². The van der Waals surface area contributed by atoms with Gasteiger partial charge in [-0.3, -0.25) is 4.79 Å². The Hall–Kier alpha value is -2.57. The molecule has 7 heteroatoms. The molecule has 2 aromatic rings. The van der Waals surface area contributed by atoms with Crippen LogP contribution in [0.5, 0.6) is 0 Å². The summed E-state index contributed by atoms with van der Waals surface area (Å²) < 4.78 is 2.05. The summed E-state index contributed by atoms with van der Waals surface area (Å²) >= 11 is 0. The number of amides is 3. The van der Waals surface area contributed by atoms with Gasteiger partial charge >= 0.3 is 6.03 Å². The summed E-state index contributed by atoms with van der Waals surface area (Å²) in [7, 11) is 5.47. The first-order valence-electron chi connectivity index (χ1n) is 9.02. The van der Waals surface area contributed by atoms with Gasteiger partial charge in [-0.25, -0.2) is 9.78 Å². The van der Waals surface area contributed by atoms with E-state index in [1.807, 2.05) is 32.2 Å². The Bertz CT molecular complexity index is 827. The summed E-state index contributed by atoms with van der Waals surface area (Å²) in [4.78, 5) is 32.5. The first-order valence-corrected chi connectivity index (χ1v) is 9.02. The van der Waals surface area contributed by atoms with Gasteiger partial charge in [-0.2, -0.15) is 0 Å².